The fourth-order valence-electron chi connectivity index (χ4n) is 2.12. The van der Waals surface area contributed by atoms with Crippen LogP contribution in [-0.2, 0) is 0 Å². The van der Waals surface area contributed by atoms with E-state index in [0.29, 0.717) is 6.61 Å². The summed E-state index contributed by atoms with van der Waals surface area (Å²) in [5.74, 6) is 0.901. The zero-order valence-corrected chi connectivity index (χ0v) is 9.13. The molecule has 0 unspecified atom stereocenters. The van der Waals surface area contributed by atoms with Crippen LogP contribution in [0.4, 0.5) is 0 Å². The lowest BCUT2D eigenvalue weighted by Gasteiger charge is -2.40. The van der Waals surface area contributed by atoms with Crippen LogP contribution in [0.5, 0.6) is 0 Å². The summed E-state index contributed by atoms with van der Waals surface area (Å²) in [7, 11) is 2.15. The van der Waals surface area contributed by atoms with Crippen molar-refractivity contribution in [2.24, 2.45) is 5.92 Å². The highest BCUT2D eigenvalue weighted by Gasteiger charge is 2.34. The maximum Gasteiger partial charge on any atom is 0.0614 e. The molecule has 0 aromatic carbocycles. The van der Waals surface area contributed by atoms with E-state index in [1.54, 1.807) is 0 Å². The molecule has 1 saturated carbocycles. The Balaban J connectivity index is 1.81. The van der Waals surface area contributed by atoms with Crippen LogP contribution in [0.3, 0.4) is 0 Å². The normalized spacial score (nSPS) is 27.9. The first kappa shape index (κ1) is 10.4. The maximum absolute atomic E-state index is 9.48. The number of aliphatic hydroxyl groups excluding tert-OH is 1. The molecular weight excluding hydrogens is 176 g/mol. The number of hydrogen-bond donors (Lipinski definition) is 2. The van der Waals surface area contributed by atoms with Gasteiger partial charge in [-0.3, -0.25) is 0 Å². The molecular formula is C11H22N2O. The molecule has 82 valence electrons. The van der Waals surface area contributed by atoms with Gasteiger partial charge >= 0.3 is 0 Å². The second-order valence-electron chi connectivity index (χ2n) is 5.07. The summed E-state index contributed by atoms with van der Waals surface area (Å²) in [6, 6.07) is 0. The Kier molecular flexibility index (Phi) is 3.10. The largest absolute Gasteiger partial charge is 0.394 e. The zero-order valence-electron chi connectivity index (χ0n) is 9.13. The number of piperidine rings is 1. The molecule has 3 nitrogen and oxygen atoms in total. The van der Waals surface area contributed by atoms with E-state index in [2.05, 4.69) is 17.3 Å². The fourth-order valence-corrected chi connectivity index (χ4v) is 2.12. The van der Waals surface area contributed by atoms with Crippen molar-refractivity contribution < 1.29 is 5.11 Å². The average Bonchev–Trinajstić information content (AvgIpc) is 3.02. The highest BCUT2D eigenvalue weighted by molar-refractivity contribution is 4.93. The van der Waals surface area contributed by atoms with Gasteiger partial charge in [-0.2, -0.15) is 0 Å². The van der Waals surface area contributed by atoms with E-state index in [1.165, 1.54) is 12.8 Å². The Hall–Kier alpha value is -0.120. The average molecular weight is 198 g/mol. The van der Waals surface area contributed by atoms with Gasteiger partial charge in [-0.1, -0.05) is 0 Å². The first-order chi connectivity index (χ1) is 6.74. The van der Waals surface area contributed by atoms with Gasteiger partial charge in [-0.25, -0.2) is 0 Å². The summed E-state index contributed by atoms with van der Waals surface area (Å²) in [4.78, 5) is 2.34. The van der Waals surface area contributed by atoms with E-state index in [-0.39, 0.29) is 5.54 Å². The van der Waals surface area contributed by atoms with Crippen molar-refractivity contribution in [2.45, 2.75) is 31.2 Å². The van der Waals surface area contributed by atoms with Crippen LogP contribution in [0.1, 0.15) is 25.7 Å². The van der Waals surface area contributed by atoms with Crippen LogP contribution in [0.25, 0.3) is 0 Å². The van der Waals surface area contributed by atoms with Crippen molar-refractivity contribution in [3.05, 3.63) is 0 Å². The number of nitrogens with zero attached hydrogens (tertiary/aromatic N) is 1. The van der Waals surface area contributed by atoms with Gasteiger partial charge in [0.2, 0.25) is 0 Å². The minimum absolute atomic E-state index is 0.0368. The Bertz CT molecular complexity index is 184. The van der Waals surface area contributed by atoms with Crippen molar-refractivity contribution in [2.75, 3.05) is 33.3 Å². The zero-order chi connectivity index (χ0) is 10.0. The quantitative estimate of drug-likeness (QED) is 0.688. The molecule has 1 saturated heterocycles. The molecule has 0 amide bonds. The third-order valence-corrected chi connectivity index (χ3v) is 3.71. The topological polar surface area (TPSA) is 35.5 Å². The Morgan fingerprint density at radius 2 is 2.00 bits per heavy atom. The van der Waals surface area contributed by atoms with Crippen LogP contribution >= 0.6 is 0 Å². The first-order valence-electron chi connectivity index (χ1n) is 5.78. The Morgan fingerprint density at radius 3 is 2.50 bits per heavy atom. The summed E-state index contributed by atoms with van der Waals surface area (Å²) in [5.41, 5.74) is 0.0368. The highest BCUT2D eigenvalue weighted by Crippen LogP contribution is 2.29. The molecule has 2 N–H and O–H groups in total. The summed E-state index contributed by atoms with van der Waals surface area (Å²) in [6.45, 7) is 3.63. The van der Waals surface area contributed by atoms with Crippen LogP contribution in [0.15, 0.2) is 0 Å². The molecule has 2 fully saturated rings. The van der Waals surface area contributed by atoms with E-state index in [1.807, 2.05) is 0 Å². The third-order valence-electron chi connectivity index (χ3n) is 3.71. The van der Waals surface area contributed by atoms with Gasteiger partial charge in [0.15, 0.2) is 0 Å². The van der Waals surface area contributed by atoms with Crippen LogP contribution < -0.4 is 5.32 Å². The molecule has 2 rings (SSSR count). The smallest absolute Gasteiger partial charge is 0.0614 e. The van der Waals surface area contributed by atoms with Crippen molar-refractivity contribution in [3.8, 4) is 0 Å². The SMILES string of the molecule is CN1CCC(CO)(NCC2CC2)CC1. The van der Waals surface area contributed by atoms with E-state index >= 15 is 0 Å². The Labute approximate surface area is 86.5 Å². The molecule has 1 heterocycles. The van der Waals surface area contributed by atoms with Crippen molar-refractivity contribution in [3.63, 3.8) is 0 Å². The van der Waals surface area contributed by atoms with Gasteiger partial charge in [0.1, 0.15) is 0 Å². The molecule has 0 spiro atoms. The molecule has 1 aliphatic carbocycles. The summed E-state index contributed by atoms with van der Waals surface area (Å²) in [6.07, 6.45) is 4.95. The maximum atomic E-state index is 9.48. The molecule has 0 aromatic rings. The molecule has 0 radical (unpaired) electrons. The van der Waals surface area contributed by atoms with Crippen molar-refractivity contribution in [1.82, 2.24) is 10.2 Å². The molecule has 2 aliphatic rings. The second-order valence-corrected chi connectivity index (χ2v) is 5.07. The van der Waals surface area contributed by atoms with Gasteiger partial charge in [0.05, 0.1) is 6.61 Å². The standard InChI is InChI=1S/C11H22N2O/c1-13-6-4-11(9-14,5-7-13)12-8-10-2-3-10/h10,12,14H,2-9H2,1H3. The predicted molar refractivity (Wildman–Crippen MR) is 57.3 cm³/mol. The first-order valence-corrected chi connectivity index (χ1v) is 5.78. The van der Waals surface area contributed by atoms with Gasteiger partial charge in [-0.05, 0) is 58.3 Å². The minimum Gasteiger partial charge on any atom is -0.394 e. The molecule has 1 aliphatic heterocycles. The summed E-state index contributed by atoms with van der Waals surface area (Å²) >= 11 is 0. The number of aliphatic hydroxyl groups is 1. The highest BCUT2D eigenvalue weighted by atomic mass is 16.3. The summed E-state index contributed by atoms with van der Waals surface area (Å²) < 4.78 is 0. The lowest BCUT2D eigenvalue weighted by atomic mass is 9.88. The minimum atomic E-state index is 0.0368. The fraction of sp³-hybridized carbons (Fsp3) is 1.00. The summed E-state index contributed by atoms with van der Waals surface area (Å²) in [5, 5.41) is 13.1. The van der Waals surface area contributed by atoms with Crippen LogP contribution in [0.2, 0.25) is 0 Å². The van der Waals surface area contributed by atoms with E-state index in [9.17, 15) is 5.11 Å². The van der Waals surface area contributed by atoms with E-state index in [0.717, 1.165) is 38.4 Å². The van der Waals surface area contributed by atoms with Crippen LogP contribution in [0, 0.1) is 5.92 Å². The molecule has 0 bridgehead atoms. The molecule has 14 heavy (non-hydrogen) atoms. The third kappa shape index (κ3) is 2.47. The van der Waals surface area contributed by atoms with E-state index in [4.69, 9.17) is 0 Å². The molecule has 0 atom stereocenters. The second kappa shape index (κ2) is 4.17. The lowest BCUT2D eigenvalue weighted by Crippen LogP contribution is -2.55. The van der Waals surface area contributed by atoms with Crippen LogP contribution in [-0.4, -0.2) is 48.8 Å². The van der Waals surface area contributed by atoms with Crippen molar-refractivity contribution >= 4 is 0 Å². The lowest BCUT2D eigenvalue weighted by molar-refractivity contribution is 0.0885. The predicted octanol–water partition coefficient (Wildman–Crippen LogP) is 0.443. The van der Waals surface area contributed by atoms with Gasteiger partial charge in [0.25, 0.3) is 0 Å². The monoisotopic (exact) mass is 198 g/mol. The number of hydrogen-bond acceptors (Lipinski definition) is 3. The van der Waals surface area contributed by atoms with Gasteiger partial charge in [0, 0.05) is 5.54 Å². The molecule has 3 heteroatoms. The van der Waals surface area contributed by atoms with Gasteiger partial charge in [-0.15, -0.1) is 0 Å². The van der Waals surface area contributed by atoms with Crippen molar-refractivity contribution in [1.29, 1.82) is 0 Å². The van der Waals surface area contributed by atoms with Gasteiger partial charge < -0.3 is 15.3 Å². The number of rotatable bonds is 4. The number of likely N-dealkylation sites (tertiary alicyclic amines) is 1. The van der Waals surface area contributed by atoms with E-state index < -0.39 is 0 Å². The Morgan fingerprint density at radius 1 is 1.36 bits per heavy atom. The number of nitrogens with one attached hydrogen (secondary N) is 1. The molecule has 0 aromatic heterocycles.